The number of hydrogen-bond acceptors (Lipinski definition) is 4. The fourth-order valence-corrected chi connectivity index (χ4v) is 1.08. The maximum absolute atomic E-state index is 11.1. The molecule has 0 aromatic carbocycles. The summed E-state index contributed by atoms with van der Waals surface area (Å²) in [4.78, 5) is 25.1. The number of rotatable bonds is 4. The van der Waals surface area contributed by atoms with Crippen molar-refractivity contribution in [3.63, 3.8) is 0 Å². The molecule has 1 aromatic rings. The highest BCUT2D eigenvalue weighted by Gasteiger charge is 2.05. The highest BCUT2D eigenvalue weighted by Crippen LogP contribution is 2.05. The number of nitrogens with zero attached hydrogens (tertiary/aromatic N) is 1. The van der Waals surface area contributed by atoms with Gasteiger partial charge in [0.05, 0.1) is 12.7 Å². The van der Waals surface area contributed by atoms with Crippen molar-refractivity contribution in [3.05, 3.63) is 29.6 Å². The predicted octanol–water partition coefficient (Wildman–Crippen LogP) is 1.000. The molecule has 0 fully saturated rings. The molecule has 1 heterocycles. The fourth-order valence-electron chi connectivity index (χ4n) is 1.08. The van der Waals surface area contributed by atoms with Crippen molar-refractivity contribution < 1.29 is 14.3 Å². The van der Waals surface area contributed by atoms with Gasteiger partial charge in [0.25, 0.3) is 0 Å². The van der Waals surface area contributed by atoms with E-state index in [0.29, 0.717) is 18.4 Å². The lowest BCUT2D eigenvalue weighted by atomic mass is 10.1. The van der Waals surface area contributed by atoms with Crippen LogP contribution in [0.2, 0.25) is 0 Å². The Kier molecular flexibility index (Phi) is 3.79. The Balaban J connectivity index is 2.78. The summed E-state index contributed by atoms with van der Waals surface area (Å²) in [5.41, 5.74) is 1.27. The zero-order valence-electron chi connectivity index (χ0n) is 7.90. The molecule has 0 unspecified atom stereocenters. The first kappa shape index (κ1) is 10.4. The Hall–Kier alpha value is -1.71. The topological polar surface area (TPSA) is 56.3 Å². The molecule has 0 N–H and O–H groups in total. The summed E-state index contributed by atoms with van der Waals surface area (Å²) < 4.78 is 4.55. The Morgan fingerprint density at radius 1 is 1.57 bits per heavy atom. The van der Waals surface area contributed by atoms with Crippen LogP contribution in [0.5, 0.6) is 0 Å². The SMILES string of the molecule is COC(=O)c1cncc(CCC=O)c1. The van der Waals surface area contributed by atoms with Crippen LogP contribution in [-0.2, 0) is 16.0 Å². The van der Waals surface area contributed by atoms with E-state index in [1.54, 1.807) is 12.3 Å². The molecule has 0 saturated carbocycles. The van der Waals surface area contributed by atoms with Gasteiger partial charge >= 0.3 is 5.97 Å². The van der Waals surface area contributed by atoms with Gasteiger partial charge in [-0.3, -0.25) is 4.98 Å². The van der Waals surface area contributed by atoms with E-state index in [-0.39, 0.29) is 0 Å². The Bertz CT molecular complexity index is 336. The molecule has 0 spiro atoms. The van der Waals surface area contributed by atoms with Crippen LogP contribution in [0.15, 0.2) is 18.5 Å². The van der Waals surface area contributed by atoms with E-state index in [1.165, 1.54) is 13.3 Å². The maximum Gasteiger partial charge on any atom is 0.339 e. The quantitative estimate of drug-likeness (QED) is 0.528. The molecule has 0 aliphatic carbocycles. The molecule has 0 bridgehead atoms. The maximum atomic E-state index is 11.1. The number of aryl methyl sites for hydroxylation is 1. The van der Waals surface area contributed by atoms with Gasteiger partial charge in [-0.05, 0) is 18.1 Å². The van der Waals surface area contributed by atoms with Gasteiger partial charge in [0.2, 0.25) is 0 Å². The number of carbonyl (C=O) groups is 2. The number of hydrogen-bond donors (Lipinski definition) is 0. The molecular weight excluding hydrogens is 182 g/mol. The number of aromatic nitrogens is 1. The standard InChI is InChI=1S/C10H11NO3/c1-14-10(13)9-5-8(3-2-4-12)6-11-7-9/h4-7H,2-3H2,1H3. The van der Waals surface area contributed by atoms with Crippen LogP contribution in [0.25, 0.3) is 0 Å². The van der Waals surface area contributed by atoms with Crippen LogP contribution in [0.4, 0.5) is 0 Å². The third kappa shape index (κ3) is 2.65. The van der Waals surface area contributed by atoms with Gasteiger partial charge in [0.15, 0.2) is 0 Å². The first-order valence-corrected chi connectivity index (χ1v) is 4.24. The van der Waals surface area contributed by atoms with E-state index in [9.17, 15) is 9.59 Å². The van der Waals surface area contributed by atoms with Crippen LogP contribution < -0.4 is 0 Å². The summed E-state index contributed by atoms with van der Waals surface area (Å²) in [7, 11) is 1.32. The number of pyridine rings is 1. The van der Waals surface area contributed by atoms with Crippen molar-refractivity contribution in [3.8, 4) is 0 Å². The monoisotopic (exact) mass is 193 g/mol. The summed E-state index contributed by atoms with van der Waals surface area (Å²) in [5, 5.41) is 0. The fraction of sp³-hybridized carbons (Fsp3) is 0.300. The third-order valence-corrected chi connectivity index (χ3v) is 1.77. The van der Waals surface area contributed by atoms with E-state index in [4.69, 9.17) is 0 Å². The second kappa shape index (κ2) is 5.11. The zero-order valence-corrected chi connectivity index (χ0v) is 7.90. The molecule has 74 valence electrons. The highest BCUT2D eigenvalue weighted by atomic mass is 16.5. The van der Waals surface area contributed by atoms with Crippen molar-refractivity contribution in [2.75, 3.05) is 7.11 Å². The highest BCUT2D eigenvalue weighted by molar-refractivity contribution is 5.89. The number of aldehydes is 1. The average Bonchev–Trinajstić information content (AvgIpc) is 2.25. The van der Waals surface area contributed by atoms with Crippen molar-refractivity contribution >= 4 is 12.3 Å². The van der Waals surface area contributed by atoms with E-state index in [2.05, 4.69) is 9.72 Å². The normalized spacial score (nSPS) is 9.50. The van der Waals surface area contributed by atoms with Crippen LogP contribution in [-0.4, -0.2) is 24.3 Å². The van der Waals surface area contributed by atoms with Crippen molar-refractivity contribution in [1.29, 1.82) is 0 Å². The van der Waals surface area contributed by atoms with Crippen LogP contribution in [0.1, 0.15) is 22.3 Å². The molecular formula is C10H11NO3. The molecule has 4 heteroatoms. The summed E-state index contributed by atoms with van der Waals surface area (Å²) in [5.74, 6) is -0.412. The zero-order chi connectivity index (χ0) is 10.4. The van der Waals surface area contributed by atoms with E-state index >= 15 is 0 Å². The first-order valence-electron chi connectivity index (χ1n) is 4.24. The Morgan fingerprint density at radius 2 is 2.36 bits per heavy atom. The van der Waals surface area contributed by atoms with Crippen molar-refractivity contribution in [1.82, 2.24) is 4.98 Å². The van der Waals surface area contributed by atoms with Gasteiger partial charge in [-0.25, -0.2) is 4.79 Å². The predicted molar refractivity (Wildman–Crippen MR) is 50.0 cm³/mol. The van der Waals surface area contributed by atoms with Crippen LogP contribution >= 0.6 is 0 Å². The molecule has 0 radical (unpaired) electrons. The minimum Gasteiger partial charge on any atom is -0.465 e. The largest absolute Gasteiger partial charge is 0.465 e. The van der Waals surface area contributed by atoms with Crippen molar-refractivity contribution in [2.45, 2.75) is 12.8 Å². The molecule has 0 aliphatic heterocycles. The summed E-state index contributed by atoms with van der Waals surface area (Å²) in [6, 6.07) is 1.68. The van der Waals surface area contributed by atoms with Gasteiger partial charge in [0.1, 0.15) is 6.29 Å². The molecule has 0 atom stereocenters. The van der Waals surface area contributed by atoms with Crippen molar-refractivity contribution in [2.24, 2.45) is 0 Å². The van der Waals surface area contributed by atoms with E-state index in [0.717, 1.165) is 11.8 Å². The smallest absolute Gasteiger partial charge is 0.339 e. The minimum atomic E-state index is -0.412. The van der Waals surface area contributed by atoms with Gasteiger partial charge in [-0.15, -0.1) is 0 Å². The summed E-state index contributed by atoms with van der Waals surface area (Å²) in [6.45, 7) is 0. The van der Waals surface area contributed by atoms with Crippen LogP contribution in [0, 0.1) is 0 Å². The number of esters is 1. The molecule has 4 nitrogen and oxygen atoms in total. The summed E-state index contributed by atoms with van der Waals surface area (Å²) in [6.07, 6.45) is 4.95. The molecule has 0 amide bonds. The van der Waals surface area contributed by atoms with Gasteiger partial charge in [0, 0.05) is 18.8 Å². The van der Waals surface area contributed by atoms with Gasteiger partial charge in [-0.1, -0.05) is 0 Å². The molecule has 1 rings (SSSR count). The molecule has 0 aliphatic rings. The Labute approximate surface area is 81.9 Å². The molecule has 1 aromatic heterocycles. The lowest BCUT2D eigenvalue weighted by Crippen LogP contribution is -2.02. The lowest BCUT2D eigenvalue weighted by molar-refractivity contribution is -0.107. The molecule has 14 heavy (non-hydrogen) atoms. The number of carbonyl (C=O) groups excluding carboxylic acids is 2. The lowest BCUT2D eigenvalue weighted by Gasteiger charge is -2.00. The van der Waals surface area contributed by atoms with E-state index < -0.39 is 5.97 Å². The van der Waals surface area contributed by atoms with E-state index in [1.807, 2.05) is 0 Å². The first-order chi connectivity index (χ1) is 6.77. The molecule has 0 saturated heterocycles. The number of methoxy groups -OCH3 is 1. The third-order valence-electron chi connectivity index (χ3n) is 1.77. The average molecular weight is 193 g/mol. The second-order valence-electron chi connectivity index (χ2n) is 2.78. The van der Waals surface area contributed by atoms with Gasteiger partial charge < -0.3 is 9.53 Å². The van der Waals surface area contributed by atoms with Gasteiger partial charge in [-0.2, -0.15) is 0 Å². The second-order valence-corrected chi connectivity index (χ2v) is 2.78. The van der Waals surface area contributed by atoms with Crippen LogP contribution in [0.3, 0.4) is 0 Å². The minimum absolute atomic E-state index is 0.412. The summed E-state index contributed by atoms with van der Waals surface area (Å²) >= 11 is 0. The Morgan fingerprint density at radius 3 is 3.00 bits per heavy atom. The number of ether oxygens (including phenoxy) is 1.